The Labute approximate surface area is 190 Å². The highest BCUT2D eigenvalue weighted by Gasteiger charge is 2.37. The summed E-state index contributed by atoms with van der Waals surface area (Å²) in [6.07, 6.45) is 1.83. The Hall–Kier alpha value is -3.74. The maximum atomic E-state index is 14.0. The molecule has 0 bridgehead atoms. The van der Waals surface area contributed by atoms with Crippen molar-refractivity contribution in [3.05, 3.63) is 83.9 Å². The molecular weight excluding hydrogens is 428 g/mol. The molecule has 1 saturated carbocycles. The van der Waals surface area contributed by atoms with Gasteiger partial charge < -0.3 is 15.2 Å². The fourth-order valence-electron chi connectivity index (χ4n) is 4.16. The SMILES string of the molecule is O=C(O)[C@@H]1CCC[C@H]1C(=O)Nc1cccc(COc2ccc(-c3ccc(F)cc3F)cc2)c1. The van der Waals surface area contributed by atoms with Crippen molar-refractivity contribution in [2.24, 2.45) is 11.8 Å². The second-order valence-corrected chi connectivity index (χ2v) is 8.11. The molecule has 1 aliphatic carbocycles. The first kappa shape index (κ1) is 22.5. The van der Waals surface area contributed by atoms with Crippen LogP contribution < -0.4 is 10.1 Å². The van der Waals surface area contributed by atoms with Crippen LogP contribution in [0.5, 0.6) is 5.75 Å². The van der Waals surface area contributed by atoms with E-state index in [1.165, 1.54) is 12.1 Å². The van der Waals surface area contributed by atoms with E-state index in [0.29, 0.717) is 35.4 Å². The summed E-state index contributed by atoms with van der Waals surface area (Å²) in [6.45, 7) is 0.245. The number of carboxylic acid groups (broad SMARTS) is 1. The van der Waals surface area contributed by atoms with Crippen molar-refractivity contribution in [1.29, 1.82) is 0 Å². The summed E-state index contributed by atoms with van der Waals surface area (Å²) in [7, 11) is 0. The zero-order chi connectivity index (χ0) is 23.4. The molecule has 1 aliphatic rings. The molecule has 0 spiro atoms. The number of rotatable bonds is 7. The number of aliphatic carboxylic acids is 1. The highest BCUT2D eigenvalue weighted by Crippen LogP contribution is 2.33. The highest BCUT2D eigenvalue weighted by atomic mass is 19.1. The van der Waals surface area contributed by atoms with Crippen molar-refractivity contribution >= 4 is 17.6 Å². The molecule has 0 unspecified atom stereocenters. The molecule has 2 atom stereocenters. The fourth-order valence-corrected chi connectivity index (χ4v) is 4.16. The summed E-state index contributed by atoms with van der Waals surface area (Å²) < 4.78 is 32.9. The maximum absolute atomic E-state index is 14.0. The van der Waals surface area contributed by atoms with E-state index in [2.05, 4.69) is 5.32 Å². The molecule has 4 rings (SSSR count). The standard InChI is InChI=1S/C26H23F2NO4/c27-18-9-12-21(24(28)14-18)17-7-10-20(11-8-17)33-15-16-3-1-4-19(13-16)29-25(30)22-5-2-6-23(22)26(31)32/h1,3-4,7-14,22-23H,2,5-6,15H2,(H,29,30)(H,31,32)/t22-,23-/m1/s1. The molecule has 3 aromatic rings. The third-order valence-electron chi connectivity index (χ3n) is 5.87. The van der Waals surface area contributed by atoms with Crippen LogP contribution in [-0.2, 0) is 16.2 Å². The Balaban J connectivity index is 1.37. The van der Waals surface area contributed by atoms with Crippen molar-refractivity contribution in [3.63, 3.8) is 0 Å². The molecular formula is C26H23F2NO4. The van der Waals surface area contributed by atoms with Crippen molar-refractivity contribution in [2.45, 2.75) is 25.9 Å². The molecule has 0 saturated heterocycles. The molecule has 2 N–H and O–H groups in total. The van der Waals surface area contributed by atoms with E-state index in [1.54, 1.807) is 42.5 Å². The smallest absolute Gasteiger partial charge is 0.307 e. The number of hydrogen-bond acceptors (Lipinski definition) is 3. The minimum atomic E-state index is -0.928. The van der Waals surface area contributed by atoms with Crippen LogP contribution in [0.3, 0.4) is 0 Å². The molecule has 5 nitrogen and oxygen atoms in total. The average Bonchev–Trinajstić information content (AvgIpc) is 3.29. The van der Waals surface area contributed by atoms with Gasteiger partial charge in [0.15, 0.2) is 0 Å². The van der Waals surface area contributed by atoms with Crippen molar-refractivity contribution in [1.82, 2.24) is 0 Å². The first-order valence-electron chi connectivity index (χ1n) is 10.7. The number of carboxylic acids is 1. The van der Waals surface area contributed by atoms with Crippen LogP contribution in [-0.4, -0.2) is 17.0 Å². The highest BCUT2D eigenvalue weighted by molar-refractivity contribution is 5.95. The number of hydrogen-bond donors (Lipinski definition) is 2. The van der Waals surface area contributed by atoms with Gasteiger partial charge in [0.05, 0.1) is 11.8 Å². The first-order chi connectivity index (χ1) is 15.9. The van der Waals surface area contributed by atoms with Crippen molar-refractivity contribution < 1.29 is 28.2 Å². The molecule has 7 heteroatoms. The predicted octanol–water partition coefficient (Wildman–Crippen LogP) is 5.65. The predicted molar refractivity (Wildman–Crippen MR) is 120 cm³/mol. The molecule has 170 valence electrons. The lowest BCUT2D eigenvalue weighted by Crippen LogP contribution is -2.30. The summed E-state index contributed by atoms with van der Waals surface area (Å²) in [4.78, 5) is 23.9. The Kier molecular flexibility index (Phi) is 6.68. The zero-order valence-electron chi connectivity index (χ0n) is 17.8. The second-order valence-electron chi connectivity index (χ2n) is 8.11. The summed E-state index contributed by atoms with van der Waals surface area (Å²) >= 11 is 0. The van der Waals surface area contributed by atoms with E-state index in [9.17, 15) is 23.5 Å². The Morgan fingerprint density at radius 1 is 0.970 bits per heavy atom. The van der Waals surface area contributed by atoms with E-state index in [-0.39, 0.29) is 12.5 Å². The quantitative estimate of drug-likeness (QED) is 0.487. The van der Waals surface area contributed by atoms with Crippen LogP contribution in [0, 0.1) is 23.5 Å². The van der Waals surface area contributed by atoms with Crippen LogP contribution in [0.2, 0.25) is 0 Å². The number of ether oxygens (including phenoxy) is 1. The summed E-state index contributed by atoms with van der Waals surface area (Å²) in [5, 5.41) is 12.1. The van der Waals surface area contributed by atoms with Gasteiger partial charge in [0.25, 0.3) is 0 Å². The Bertz CT molecular complexity index is 1160. The van der Waals surface area contributed by atoms with Crippen LogP contribution in [0.1, 0.15) is 24.8 Å². The lowest BCUT2D eigenvalue weighted by Gasteiger charge is -2.16. The fraction of sp³-hybridized carbons (Fsp3) is 0.231. The van der Waals surface area contributed by atoms with Crippen LogP contribution in [0.15, 0.2) is 66.7 Å². The minimum Gasteiger partial charge on any atom is -0.489 e. The average molecular weight is 451 g/mol. The lowest BCUT2D eigenvalue weighted by atomic mass is 9.95. The molecule has 0 radical (unpaired) electrons. The third kappa shape index (κ3) is 5.37. The maximum Gasteiger partial charge on any atom is 0.307 e. The zero-order valence-corrected chi connectivity index (χ0v) is 17.8. The molecule has 0 aromatic heterocycles. The second kappa shape index (κ2) is 9.81. The molecule has 1 amide bonds. The molecule has 1 fully saturated rings. The summed E-state index contributed by atoms with van der Waals surface area (Å²) in [5.41, 5.74) is 2.32. The molecule has 0 heterocycles. The number of carbonyl (C=O) groups is 2. The lowest BCUT2D eigenvalue weighted by molar-refractivity contribution is -0.145. The first-order valence-corrected chi connectivity index (χ1v) is 10.7. The van der Waals surface area contributed by atoms with E-state index in [1.807, 2.05) is 6.07 Å². The summed E-state index contributed by atoms with van der Waals surface area (Å²) in [6, 6.07) is 17.4. The third-order valence-corrected chi connectivity index (χ3v) is 5.87. The number of amides is 1. The molecule has 3 aromatic carbocycles. The van der Waals surface area contributed by atoms with Crippen molar-refractivity contribution in [3.8, 4) is 16.9 Å². The van der Waals surface area contributed by atoms with E-state index in [4.69, 9.17) is 4.74 Å². The summed E-state index contributed by atoms with van der Waals surface area (Å²) in [5.74, 6) is -3.04. The van der Waals surface area contributed by atoms with Crippen LogP contribution >= 0.6 is 0 Å². The van der Waals surface area contributed by atoms with Gasteiger partial charge in [-0.25, -0.2) is 8.78 Å². The normalized spacial score (nSPS) is 17.5. The van der Waals surface area contributed by atoms with Gasteiger partial charge in [0.1, 0.15) is 24.0 Å². The van der Waals surface area contributed by atoms with Crippen LogP contribution in [0.4, 0.5) is 14.5 Å². The van der Waals surface area contributed by atoms with Gasteiger partial charge >= 0.3 is 5.97 Å². The number of benzene rings is 3. The molecule has 0 aliphatic heterocycles. The number of carbonyl (C=O) groups excluding carboxylic acids is 1. The van der Waals surface area contributed by atoms with E-state index < -0.39 is 29.4 Å². The van der Waals surface area contributed by atoms with Gasteiger partial charge in [-0.2, -0.15) is 0 Å². The Morgan fingerprint density at radius 2 is 1.73 bits per heavy atom. The number of halogens is 2. The van der Waals surface area contributed by atoms with E-state index >= 15 is 0 Å². The van der Waals surface area contributed by atoms with Crippen LogP contribution in [0.25, 0.3) is 11.1 Å². The monoisotopic (exact) mass is 451 g/mol. The molecule has 33 heavy (non-hydrogen) atoms. The van der Waals surface area contributed by atoms with Gasteiger partial charge in [-0.05, 0) is 60.4 Å². The van der Waals surface area contributed by atoms with Gasteiger partial charge in [0, 0.05) is 17.3 Å². The van der Waals surface area contributed by atoms with E-state index in [0.717, 1.165) is 18.1 Å². The topological polar surface area (TPSA) is 75.6 Å². The number of nitrogens with one attached hydrogen (secondary N) is 1. The van der Waals surface area contributed by atoms with Crippen molar-refractivity contribution in [2.75, 3.05) is 5.32 Å². The Morgan fingerprint density at radius 3 is 2.45 bits per heavy atom. The largest absolute Gasteiger partial charge is 0.489 e. The minimum absolute atomic E-state index is 0.245. The number of anilines is 1. The van der Waals surface area contributed by atoms with Gasteiger partial charge in [-0.1, -0.05) is 30.7 Å². The van der Waals surface area contributed by atoms with Gasteiger partial charge in [0.2, 0.25) is 5.91 Å². The van der Waals surface area contributed by atoms with Gasteiger partial charge in [-0.15, -0.1) is 0 Å². The van der Waals surface area contributed by atoms with Gasteiger partial charge in [-0.3, -0.25) is 9.59 Å².